The van der Waals surface area contributed by atoms with Gasteiger partial charge in [0, 0.05) is 23.4 Å². The van der Waals surface area contributed by atoms with Crippen LogP contribution in [0.25, 0.3) is 11.0 Å². The molecule has 9 heteroatoms. The molecule has 1 aliphatic heterocycles. The molecule has 2 atom stereocenters. The summed E-state index contributed by atoms with van der Waals surface area (Å²) in [5.41, 5.74) is 0.241. The lowest BCUT2D eigenvalue weighted by Crippen LogP contribution is -2.41. The molecule has 1 aliphatic rings. The molecule has 0 spiro atoms. The number of carbonyl (C=O) groups excluding carboxylic acids is 1. The summed E-state index contributed by atoms with van der Waals surface area (Å²) < 4.78 is 14.0. The Hall–Kier alpha value is -1.13. The lowest BCUT2D eigenvalue weighted by molar-refractivity contribution is 0.0146. The molecule has 0 aromatic carbocycles. The van der Waals surface area contributed by atoms with Crippen LogP contribution in [0.2, 0.25) is 5.15 Å². The topological polar surface area (TPSA) is 69.5 Å². The second-order valence-corrected chi connectivity index (χ2v) is 8.90. The van der Waals surface area contributed by atoms with Gasteiger partial charge < -0.3 is 18.9 Å². The molecule has 0 saturated carbocycles. The van der Waals surface area contributed by atoms with Crippen LogP contribution in [0, 0.1) is 3.57 Å². The van der Waals surface area contributed by atoms with Crippen LogP contribution >= 0.6 is 34.2 Å². The van der Waals surface area contributed by atoms with Crippen molar-refractivity contribution in [1.29, 1.82) is 0 Å². The molecule has 0 aliphatic carbocycles. The Bertz CT molecular complexity index is 820. The number of hydrogen-bond acceptors (Lipinski definition) is 5. The number of carbonyl (C=O) groups is 1. The molecule has 2 aromatic heterocycles. The fourth-order valence-electron chi connectivity index (χ4n) is 3.27. The number of hydrogen-bond donors (Lipinski definition) is 0. The highest BCUT2D eigenvalue weighted by Crippen LogP contribution is 2.35. The molecule has 0 radical (unpaired) electrons. The van der Waals surface area contributed by atoms with E-state index in [-0.39, 0.29) is 18.2 Å². The fraction of sp³-hybridized carbons (Fsp3) is 0.588. The molecule has 2 aromatic rings. The van der Waals surface area contributed by atoms with Crippen molar-refractivity contribution in [2.24, 2.45) is 0 Å². The Morgan fingerprint density at radius 1 is 1.42 bits per heavy atom. The third-order valence-electron chi connectivity index (χ3n) is 4.29. The standard InChI is InChI=1S/C17H22ClIN4O3/c1-17(2,3)26-16(24)23-6-10(5-11(23)8-25-4)22-7-12(19)13-14(18)20-9-21-15(13)22/h7,9-11H,5-6,8H2,1-4H3/t10-,11+/m0/s1. The molecule has 0 N–H and O–H groups in total. The molecular formula is C17H22ClIN4O3. The monoisotopic (exact) mass is 492 g/mol. The first kappa shape index (κ1) is 19.6. The number of likely N-dealkylation sites (tertiary alicyclic amines) is 1. The lowest BCUT2D eigenvalue weighted by atomic mass is 10.2. The average molecular weight is 493 g/mol. The van der Waals surface area contributed by atoms with Gasteiger partial charge in [0.15, 0.2) is 0 Å². The SMILES string of the molecule is COC[C@H]1C[C@H](n2cc(I)c3c(Cl)ncnc32)CN1C(=O)OC(C)(C)C. The summed E-state index contributed by atoms with van der Waals surface area (Å²) in [4.78, 5) is 22.9. The number of methoxy groups -OCH3 is 1. The lowest BCUT2D eigenvalue weighted by Gasteiger charge is -2.28. The van der Waals surface area contributed by atoms with E-state index in [2.05, 4.69) is 37.1 Å². The van der Waals surface area contributed by atoms with Crippen LogP contribution < -0.4 is 0 Å². The second-order valence-electron chi connectivity index (χ2n) is 7.38. The molecule has 7 nitrogen and oxygen atoms in total. The van der Waals surface area contributed by atoms with Gasteiger partial charge in [-0.2, -0.15) is 0 Å². The summed E-state index contributed by atoms with van der Waals surface area (Å²) in [7, 11) is 1.64. The van der Waals surface area contributed by atoms with Crippen LogP contribution in [0.3, 0.4) is 0 Å². The first-order valence-electron chi connectivity index (χ1n) is 8.36. The summed E-state index contributed by atoms with van der Waals surface area (Å²) in [5, 5.41) is 1.28. The minimum absolute atomic E-state index is 0.0488. The van der Waals surface area contributed by atoms with Gasteiger partial charge in [-0.05, 0) is 49.8 Å². The minimum atomic E-state index is -0.539. The number of fused-ring (bicyclic) bond motifs is 1. The highest BCUT2D eigenvalue weighted by Gasteiger charge is 2.39. The summed E-state index contributed by atoms with van der Waals surface area (Å²) in [6, 6.07) is 0.0203. The number of amides is 1. The van der Waals surface area contributed by atoms with E-state index in [1.54, 1.807) is 12.0 Å². The average Bonchev–Trinajstić information content (AvgIpc) is 3.08. The first-order valence-corrected chi connectivity index (χ1v) is 9.82. The maximum Gasteiger partial charge on any atom is 0.410 e. The number of aromatic nitrogens is 3. The van der Waals surface area contributed by atoms with Crippen LogP contribution in [-0.2, 0) is 9.47 Å². The van der Waals surface area contributed by atoms with Crippen LogP contribution in [-0.4, -0.2) is 57.4 Å². The normalized spacial score (nSPS) is 20.8. The van der Waals surface area contributed by atoms with E-state index in [1.807, 2.05) is 27.0 Å². The molecule has 26 heavy (non-hydrogen) atoms. The number of halogens is 2. The fourth-order valence-corrected chi connectivity index (χ4v) is 4.46. The molecule has 3 rings (SSSR count). The number of ether oxygens (including phenoxy) is 2. The zero-order valence-corrected chi connectivity index (χ0v) is 18.1. The van der Waals surface area contributed by atoms with E-state index >= 15 is 0 Å². The molecule has 0 unspecified atom stereocenters. The van der Waals surface area contributed by atoms with Gasteiger partial charge >= 0.3 is 6.09 Å². The first-order chi connectivity index (χ1) is 12.2. The Kier molecular flexibility index (Phi) is 5.64. The van der Waals surface area contributed by atoms with Gasteiger partial charge in [-0.1, -0.05) is 11.6 Å². The van der Waals surface area contributed by atoms with Crippen molar-refractivity contribution in [3.63, 3.8) is 0 Å². The summed E-state index contributed by atoms with van der Waals surface area (Å²) >= 11 is 8.47. The predicted molar refractivity (Wildman–Crippen MR) is 108 cm³/mol. The highest BCUT2D eigenvalue weighted by molar-refractivity contribution is 14.1. The minimum Gasteiger partial charge on any atom is -0.444 e. The van der Waals surface area contributed by atoms with E-state index in [0.29, 0.717) is 18.3 Å². The van der Waals surface area contributed by atoms with E-state index in [4.69, 9.17) is 21.1 Å². The molecule has 3 heterocycles. The largest absolute Gasteiger partial charge is 0.444 e. The van der Waals surface area contributed by atoms with Crippen molar-refractivity contribution >= 4 is 51.3 Å². The van der Waals surface area contributed by atoms with Crippen LogP contribution in [0.15, 0.2) is 12.5 Å². The van der Waals surface area contributed by atoms with Gasteiger partial charge in [0.2, 0.25) is 0 Å². The van der Waals surface area contributed by atoms with Crippen LogP contribution in [0.5, 0.6) is 0 Å². The van der Waals surface area contributed by atoms with Crippen LogP contribution in [0.1, 0.15) is 33.2 Å². The Labute approximate surface area is 171 Å². The molecule has 1 amide bonds. The number of nitrogens with zero attached hydrogens (tertiary/aromatic N) is 4. The van der Waals surface area contributed by atoms with Crippen molar-refractivity contribution in [2.45, 2.75) is 44.9 Å². The quantitative estimate of drug-likeness (QED) is 0.480. The van der Waals surface area contributed by atoms with Crippen molar-refractivity contribution in [3.8, 4) is 0 Å². The maximum absolute atomic E-state index is 12.6. The smallest absolute Gasteiger partial charge is 0.410 e. The van der Waals surface area contributed by atoms with Gasteiger partial charge in [-0.25, -0.2) is 14.8 Å². The van der Waals surface area contributed by atoms with Gasteiger partial charge in [-0.15, -0.1) is 0 Å². The summed E-state index contributed by atoms with van der Waals surface area (Å²) in [5.74, 6) is 0. The maximum atomic E-state index is 12.6. The predicted octanol–water partition coefficient (Wildman–Crippen LogP) is 3.89. The molecule has 1 saturated heterocycles. The third kappa shape index (κ3) is 3.91. The Morgan fingerprint density at radius 3 is 2.81 bits per heavy atom. The summed E-state index contributed by atoms with van der Waals surface area (Å²) in [6.45, 7) is 6.59. The van der Waals surface area contributed by atoms with Crippen molar-refractivity contribution in [3.05, 3.63) is 21.2 Å². The zero-order valence-electron chi connectivity index (χ0n) is 15.2. The van der Waals surface area contributed by atoms with Gasteiger partial charge in [-0.3, -0.25) is 0 Å². The molecule has 0 bridgehead atoms. The Morgan fingerprint density at radius 2 is 2.15 bits per heavy atom. The van der Waals surface area contributed by atoms with Gasteiger partial charge in [0.25, 0.3) is 0 Å². The van der Waals surface area contributed by atoms with Gasteiger partial charge in [0.1, 0.15) is 22.7 Å². The van der Waals surface area contributed by atoms with E-state index in [9.17, 15) is 4.79 Å². The molecular weight excluding hydrogens is 471 g/mol. The van der Waals surface area contributed by atoms with Gasteiger partial charge in [0.05, 0.1) is 24.1 Å². The highest BCUT2D eigenvalue weighted by atomic mass is 127. The van der Waals surface area contributed by atoms with E-state index in [0.717, 1.165) is 21.0 Å². The number of rotatable bonds is 3. The van der Waals surface area contributed by atoms with E-state index < -0.39 is 5.60 Å². The zero-order chi connectivity index (χ0) is 19.1. The van der Waals surface area contributed by atoms with Crippen molar-refractivity contribution < 1.29 is 14.3 Å². The molecule has 1 fully saturated rings. The van der Waals surface area contributed by atoms with Crippen LogP contribution in [0.4, 0.5) is 4.79 Å². The summed E-state index contributed by atoms with van der Waals surface area (Å²) in [6.07, 6.45) is 3.92. The Balaban J connectivity index is 1.91. The third-order valence-corrected chi connectivity index (χ3v) is 5.39. The van der Waals surface area contributed by atoms with Crippen molar-refractivity contribution in [2.75, 3.05) is 20.3 Å². The van der Waals surface area contributed by atoms with Crippen molar-refractivity contribution in [1.82, 2.24) is 19.4 Å². The second kappa shape index (κ2) is 7.47. The molecule has 142 valence electrons. The van der Waals surface area contributed by atoms with E-state index in [1.165, 1.54) is 6.33 Å².